The molecule has 0 spiro atoms. The SMILES string of the molecule is COc1ccc(C(N)C2CC2)cc1F. The lowest BCUT2D eigenvalue weighted by Gasteiger charge is -2.11. The van der Waals surface area contributed by atoms with Gasteiger partial charge in [-0.25, -0.2) is 4.39 Å². The molecule has 1 aromatic carbocycles. The molecule has 14 heavy (non-hydrogen) atoms. The summed E-state index contributed by atoms with van der Waals surface area (Å²) < 4.78 is 18.2. The highest BCUT2D eigenvalue weighted by molar-refractivity contribution is 5.31. The Balaban J connectivity index is 2.22. The summed E-state index contributed by atoms with van der Waals surface area (Å²) in [6.07, 6.45) is 2.32. The normalized spacial score (nSPS) is 17.9. The van der Waals surface area contributed by atoms with E-state index in [1.165, 1.54) is 13.2 Å². The van der Waals surface area contributed by atoms with Crippen LogP contribution in [0.4, 0.5) is 4.39 Å². The maximum Gasteiger partial charge on any atom is 0.165 e. The second kappa shape index (κ2) is 3.58. The molecule has 0 aliphatic heterocycles. The molecule has 1 saturated carbocycles. The molecule has 1 unspecified atom stereocenters. The molecule has 1 fully saturated rings. The van der Waals surface area contributed by atoms with Gasteiger partial charge in [0, 0.05) is 6.04 Å². The second-order valence-corrected chi connectivity index (χ2v) is 3.76. The first kappa shape index (κ1) is 9.46. The standard InChI is InChI=1S/C11H14FNO/c1-14-10-5-4-8(6-9(10)12)11(13)7-2-3-7/h4-7,11H,2-3,13H2,1H3. The second-order valence-electron chi connectivity index (χ2n) is 3.76. The van der Waals surface area contributed by atoms with Gasteiger partial charge in [-0.1, -0.05) is 6.07 Å². The Kier molecular flexibility index (Phi) is 2.42. The summed E-state index contributed by atoms with van der Waals surface area (Å²) in [5, 5.41) is 0. The van der Waals surface area contributed by atoms with E-state index in [-0.39, 0.29) is 17.6 Å². The van der Waals surface area contributed by atoms with E-state index in [9.17, 15) is 4.39 Å². The Hall–Kier alpha value is -1.09. The summed E-state index contributed by atoms with van der Waals surface area (Å²) in [5.41, 5.74) is 6.82. The van der Waals surface area contributed by atoms with Crippen molar-refractivity contribution in [3.05, 3.63) is 29.6 Å². The number of nitrogens with two attached hydrogens (primary N) is 1. The van der Waals surface area contributed by atoms with E-state index in [0.717, 1.165) is 18.4 Å². The molecule has 2 nitrogen and oxygen atoms in total. The predicted molar refractivity (Wildman–Crippen MR) is 52.6 cm³/mol. The van der Waals surface area contributed by atoms with Gasteiger partial charge in [0.25, 0.3) is 0 Å². The van der Waals surface area contributed by atoms with Crippen molar-refractivity contribution >= 4 is 0 Å². The smallest absolute Gasteiger partial charge is 0.165 e. The van der Waals surface area contributed by atoms with Crippen molar-refractivity contribution in [3.8, 4) is 5.75 Å². The van der Waals surface area contributed by atoms with Crippen molar-refractivity contribution in [2.75, 3.05) is 7.11 Å². The maximum absolute atomic E-state index is 13.3. The maximum atomic E-state index is 13.3. The molecule has 76 valence electrons. The highest BCUT2D eigenvalue weighted by Crippen LogP contribution is 2.39. The van der Waals surface area contributed by atoms with Crippen LogP contribution in [0, 0.1) is 11.7 Å². The number of ether oxygens (including phenoxy) is 1. The highest BCUT2D eigenvalue weighted by atomic mass is 19.1. The van der Waals surface area contributed by atoms with Crippen LogP contribution in [0.2, 0.25) is 0 Å². The Morgan fingerprint density at radius 2 is 2.21 bits per heavy atom. The largest absolute Gasteiger partial charge is 0.494 e. The van der Waals surface area contributed by atoms with Crippen LogP contribution < -0.4 is 10.5 Å². The molecule has 0 radical (unpaired) electrons. The van der Waals surface area contributed by atoms with Crippen molar-refractivity contribution in [2.45, 2.75) is 18.9 Å². The van der Waals surface area contributed by atoms with Crippen LogP contribution in [0.15, 0.2) is 18.2 Å². The van der Waals surface area contributed by atoms with Gasteiger partial charge in [-0.3, -0.25) is 0 Å². The molecular weight excluding hydrogens is 181 g/mol. The van der Waals surface area contributed by atoms with Crippen molar-refractivity contribution in [2.24, 2.45) is 11.7 Å². The van der Waals surface area contributed by atoms with E-state index in [4.69, 9.17) is 10.5 Å². The molecule has 0 saturated heterocycles. The molecule has 1 aromatic rings. The molecule has 0 bridgehead atoms. The van der Waals surface area contributed by atoms with Gasteiger partial charge < -0.3 is 10.5 Å². The minimum Gasteiger partial charge on any atom is -0.494 e. The lowest BCUT2D eigenvalue weighted by molar-refractivity contribution is 0.385. The van der Waals surface area contributed by atoms with E-state index in [0.29, 0.717) is 5.92 Å². The minimum absolute atomic E-state index is 0.0181. The highest BCUT2D eigenvalue weighted by Gasteiger charge is 2.29. The molecule has 1 atom stereocenters. The number of hydrogen-bond acceptors (Lipinski definition) is 2. The number of benzene rings is 1. The lowest BCUT2D eigenvalue weighted by atomic mass is 10.0. The van der Waals surface area contributed by atoms with Crippen LogP contribution in [0.25, 0.3) is 0 Å². The Labute approximate surface area is 82.9 Å². The molecule has 1 aliphatic carbocycles. The molecular formula is C11H14FNO. The van der Waals surface area contributed by atoms with Crippen LogP contribution in [0.5, 0.6) is 5.75 Å². The minimum atomic E-state index is -0.332. The number of rotatable bonds is 3. The van der Waals surface area contributed by atoms with Gasteiger partial charge >= 0.3 is 0 Å². The van der Waals surface area contributed by atoms with Gasteiger partial charge in [0.15, 0.2) is 11.6 Å². The topological polar surface area (TPSA) is 35.2 Å². The summed E-state index contributed by atoms with van der Waals surface area (Å²) in [5.74, 6) is 0.487. The third-order valence-corrected chi connectivity index (χ3v) is 2.69. The Bertz CT molecular complexity index is 336. The van der Waals surface area contributed by atoms with E-state index >= 15 is 0 Å². The van der Waals surface area contributed by atoms with Crippen LogP contribution in [0.3, 0.4) is 0 Å². The monoisotopic (exact) mass is 195 g/mol. The average molecular weight is 195 g/mol. The zero-order valence-electron chi connectivity index (χ0n) is 8.16. The molecule has 1 aliphatic rings. The molecule has 0 aromatic heterocycles. The average Bonchev–Trinajstić information content (AvgIpc) is 3.00. The van der Waals surface area contributed by atoms with Crippen LogP contribution in [0.1, 0.15) is 24.4 Å². The van der Waals surface area contributed by atoms with E-state index in [1.54, 1.807) is 6.07 Å². The van der Waals surface area contributed by atoms with E-state index < -0.39 is 0 Å². The van der Waals surface area contributed by atoms with Crippen molar-refractivity contribution in [1.82, 2.24) is 0 Å². The third-order valence-electron chi connectivity index (χ3n) is 2.69. The van der Waals surface area contributed by atoms with E-state index in [1.807, 2.05) is 6.07 Å². The Morgan fingerprint density at radius 1 is 1.50 bits per heavy atom. The predicted octanol–water partition coefficient (Wildman–Crippen LogP) is 2.24. The van der Waals surface area contributed by atoms with Crippen LogP contribution in [-0.2, 0) is 0 Å². The fourth-order valence-corrected chi connectivity index (χ4v) is 1.62. The van der Waals surface area contributed by atoms with Gasteiger partial charge in [-0.15, -0.1) is 0 Å². The van der Waals surface area contributed by atoms with E-state index in [2.05, 4.69) is 0 Å². The van der Waals surface area contributed by atoms with Gasteiger partial charge in [0.2, 0.25) is 0 Å². The summed E-state index contributed by atoms with van der Waals surface area (Å²) >= 11 is 0. The lowest BCUT2D eigenvalue weighted by Crippen LogP contribution is -2.12. The Morgan fingerprint density at radius 3 is 2.71 bits per heavy atom. The first-order valence-corrected chi connectivity index (χ1v) is 4.81. The zero-order chi connectivity index (χ0) is 10.1. The van der Waals surface area contributed by atoms with Gasteiger partial charge in [-0.2, -0.15) is 0 Å². The first-order valence-electron chi connectivity index (χ1n) is 4.81. The number of hydrogen-bond donors (Lipinski definition) is 1. The van der Waals surface area contributed by atoms with Crippen molar-refractivity contribution in [3.63, 3.8) is 0 Å². The fraction of sp³-hybridized carbons (Fsp3) is 0.455. The molecule has 2 N–H and O–H groups in total. The molecule has 0 amide bonds. The van der Waals surface area contributed by atoms with Gasteiger partial charge in [0.1, 0.15) is 0 Å². The molecule has 3 heteroatoms. The van der Waals surface area contributed by atoms with Gasteiger partial charge in [0.05, 0.1) is 7.11 Å². The third kappa shape index (κ3) is 1.73. The zero-order valence-corrected chi connectivity index (χ0v) is 8.16. The van der Waals surface area contributed by atoms with Gasteiger partial charge in [-0.05, 0) is 36.5 Å². The summed E-state index contributed by atoms with van der Waals surface area (Å²) in [6, 6.07) is 4.93. The first-order chi connectivity index (χ1) is 6.72. The summed E-state index contributed by atoms with van der Waals surface area (Å²) in [4.78, 5) is 0. The summed E-state index contributed by atoms with van der Waals surface area (Å²) in [6.45, 7) is 0. The molecule has 0 heterocycles. The number of methoxy groups -OCH3 is 1. The summed E-state index contributed by atoms with van der Waals surface area (Å²) in [7, 11) is 1.46. The molecule has 2 rings (SSSR count). The van der Waals surface area contributed by atoms with Crippen LogP contribution >= 0.6 is 0 Å². The van der Waals surface area contributed by atoms with Crippen molar-refractivity contribution in [1.29, 1.82) is 0 Å². The quantitative estimate of drug-likeness (QED) is 0.802. The van der Waals surface area contributed by atoms with Crippen LogP contribution in [-0.4, -0.2) is 7.11 Å². The van der Waals surface area contributed by atoms with Crippen molar-refractivity contribution < 1.29 is 9.13 Å². The number of halogens is 1. The fourth-order valence-electron chi connectivity index (χ4n) is 1.62.